The molecule has 0 bridgehead atoms. The molecule has 2 nitrogen and oxygen atoms in total. The lowest BCUT2D eigenvalue weighted by atomic mass is 9.90. The van der Waals surface area contributed by atoms with Crippen molar-refractivity contribution >= 4 is 0 Å². The highest BCUT2D eigenvalue weighted by molar-refractivity contribution is 5.29. The highest BCUT2D eigenvalue weighted by Gasteiger charge is 2.33. The summed E-state index contributed by atoms with van der Waals surface area (Å²) in [6.07, 6.45) is 3.87. The predicted octanol–water partition coefficient (Wildman–Crippen LogP) is 4.57. The van der Waals surface area contributed by atoms with E-state index in [4.69, 9.17) is 0 Å². The number of halogens is 2. The normalized spacial score (nSPS) is 23.7. The summed E-state index contributed by atoms with van der Waals surface area (Å²) < 4.78 is 27.7. The molecule has 2 heterocycles. The maximum atomic E-state index is 14.4. The summed E-state index contributed by atoms with van der Waals surface area (Å²) in [5, 5.41) is 0. The number of hydrogen-bond donors (Lipinski definition) is 0. The fourth-order valence-electron chi connectivity index (χ4n) is 3.43. The Bertz CT molecular complexity index is 657. The van der Waals surface area contributed by atoms with Crippen LogP contribution in [0.1, 0.15) is 44.0 Å². The molecule has 1 unspecified atom stereocenters. The van der Waals surface area contributed by atoms with Crippen LogP contribution >= 0.6 is 0 Å². The Morgan fingerprint density at radius 1 is 1.09 bits per heavy atom. The first-order valence-corrected chi connectivity index (χ1v) is 8.18. The number of benzene rings is 1. The van der Waals surface area contributed by atoms with Crippen LogP contribution in [0.15, 0.2) is 42.6 Å². The molecule has 2 aromatic rings. The van der Waals surface area contributed by atoms with Crippen LogP contribution in [0.5, 0.6) is 0 Å². The lowest BCUT2D eigenvalue weighted by Gasteiger charge is -2.42. The molecule has 3 atom stereocenters. The average molecular weight is 316 g/mol. The monoisotopic (exact) mass is 316 g/mol. The zero-order valence-electron chi connectivity index (χ0n) is 13.5. The van der Waals surface area contributed by atoms with Crippen molar-refractivity contribution in [2.24, 2.45) is 5.92 Å². The molecule has 1 aromatic heterocycles. The minimum Gasteiger partial charge on any atom is -0.288 e. The number of likely N-dealkylation sites (tertiary alicyclic amines) is 1. The van der Waals surface area contributed by atoms with Crippen molar-refractivity contribution in [3.8, 4) is 0 Å². The molecular formula is C19H22F2N2. The molecule has 1 aliphatic rings. The number of nitrogens with zero attached hydrogens (tertiary/aromatic N) is 2. The molecule has 23 heavy (non-hydrogen) atoms. The van der Waals surface area contributed by atoms with E-state index in [1.54, 1.807) is 24.4 Å². The Morgan fingerprint density at radius 3 is 2.52 bits per heavy atom. The van der Waals surface area contributed by atoms with Gasteiger partial charge in [0.2, 0.25) is 0 Å². The van der Waals surface area contributed by atoms with Crippen LogP contribution in [0.25, 0.3) is 0 Å². The van der Waals surface area contributed by atoms with Gasteiger partial charge in [-0.25, -0.2) is 8.78 Å². The van der Waals surface area contributed by atoms with Crippen LogP contribution in [0.4, 0.5) is 8.78 Å². The molecule has 1 fully saturated rings. The zero-order chi connectivity index (χ0) is 16.4. The third kappa shape index (κ3) is 3.42. The summed E-state index contributed by atoms with van der Waals surface area (Å²) in [6, 6.07) is 9.43. The van der Waals surface area contributed by atoms with Gasteiger partial charge < -0.3 is 0 Å². The number of rotatable bonds is 3. The predicted molar refractivity (Wildman–Crippen MR) is 87.0 cm³/mol. The molecular weight excluding hydrogens is 294 g/mol. The first-order valence-electron chi connectivity index (χ1n) is 8.18. The van der Waals surface area contributed by atoms with Gasteiger partial charge in [0.15, 0.2) is 0 Å². The number of hydrogen-bond acceptors (Lipinski definition) is 2. The first-order chi connectivity index (χ1) is 11.1. The second-order valence-corrected chi connectivity index (χ2v) is 6.55. The van der Waals surface area contributed by atoms with Crippen LogP contribution in [0.3, 0.4) is 0 Å². The fourth-order valence-corrected chi connectivity index (χ4v) is 3.43. The highest BCUT2D eigenvalue weighted by atomic mass is 19.1. The van der Waals surface area contributed by atoms with Gasteiger partial charge in [-0.3, -0.25) is 9.88 Å². The largest absolute Gasteiger partial charge is 0.288 e. The third-order valence-electron chi connectivity index (χ3n) is 4.73. The van der Waals surface area contributed by atoms with Crippen molar-refractivity contribution in [1.29, 1.82) is 0 Å². The second kappa shape index (κ2) is 6.75. The van der Waals surface area contributed by atoms with Crippen LogP contribution in [-0.4, -0.2) is 22.5 Å². The van der Waals surface area contributed by atoms with Gasteiger partial charge >= 0.3 is 0 Å². The molecule has 4 heteroatoms. The van der Waals surface area contributed by atoms with Gasteiger partial charge in [-0.2, -0.15) is 0 Å². The van der Waals surface area contributed by atoms with Crippen LogP contribution in [-0.2, 0) is 0 Å². The van der Waals surface area contributed by atoms with E-state index < -0.39 is 0 Å². The molecule has 0 radical (unpaired) electrons. The number of aromatic nitrogens is 1. The highest BCUT2D eigenvalue weighted by Crippen LogP contribution is 2.35. The van der Waals surface area contributed by atoms with Crippen molar-refractivity contribution in [2.75, 3.05) is 6.54 Å². The Hall–Kier alpha value is -1.81. The van der Waals surface area contributed by atoms with E-state index in [2.05, 4.69) is 23.7 Å². The van der Waals surface area contributed by atoms with Crippen molar-refractivity contribution in [3.05, 3.63) is 65.5 Å². The molecule has 0 aliphatic carbocycles. The van der Waals surface area contributed by atoms with Gasteiger partial charge in [-0.15, -0.1) is 0 Å². The molecule has 0 N–H and O–H groups in total. The first kappa shape index (κ1) is 16.1. The van der Waals surface area contributed by atoms with Crippen LogP contribution in [0, 0.1) is 17.6 Å². The SMILES string of the molecule is C[C@@H]1CC[C@@H](C)N(C(c2ccc(F)cc2)c2ncccc2F)C1. The van der Waals surface area contributed by atoms with Gasteiger partial charge in [0.25, 0.3) is 0 Å². The van der Waals surface area contributed by atoms with Crippen LogP contribution < -0.4 is 0 Å². The van der Waals surface area contributed by atoms with Crippen molar-refractivity contribution in [3.63, 3.8) is 0 Å². The molecule has 122 valence electrons. The Balaban J connectivity index is 2.06. The van der Waals surface area contributed by atoms with E-state index in [0.717, 1.165) is 18.5 Å². The molecule has 0 amide bonds. The maximum Gasteiger partial charge on any atom is 0.146 e. The summed E-state index contributed by atoms with van der Waals surface area (Å²) >= 11 is 0. The minimum atomic E-state index is -0.313. The smallest absolute Gasteiger partial charge is 0.146 e. The molecule has 0 saturated carbocycles. The van der Waals surface area contributed by atoms with Gasteiger partial charge in [0.1, 0.15) is 11.6 Å². The van der Waals surface area contributed by atoms with E-state index in [9.17, 15) is 8.78 Å². The summed E-state index contributed by atoms with van der Waals surface area (Å²) in [5.41, 5.74) is 1.30. The number of piperidine rings is 1. The summed E-state index contributed by atoms with van der Waals surface area (Å²) in [7, 11) is 0. The van der Waals surface area contributed by atoms with E-state index in [-0.39, 0.29) is 17.7 Å². The molecule has 1 aromatic carbocycles. The van der Waals surface area contributed by atoms with Gasteiger partial charge in [-0.05, 0) is 55.5 Å². The quantitative estimate of drug-likeness (QED) is 0.824. The van der Waals surface area contributed by atoms with E-state index in [1.165, 1.54) is 24.6 Å². The lowest BCUT2D eigenvalue weighted by Crippen LogP contribution is -2.44. The van der Waals surface area contributed by atoms with Crippen molar-refractivity contribution in [1.82, 2.24) is 9.88 Å². The Morgan fingerprint density at radius 2 is 1.83 bits per heavy atom. The topological polar surface area (TPSA) is 16.1 Å². The van der Waals surface area contributed by atoms with Gasteiger partial charge in [0, 0.05) is 18.8 Å². The van der Waals surface area contributed by atoms with Gasteiger partial charge in [0.05, 0.1) is 11.7 Å². The van der Waals surface area contributed by atoms with Crippen LogP contribution in [0.2, 0.25) is 0 Å². The Kier molecular flexibility index (Phi) is 4.71. The van der Waals surface area contributed by atoms with Crippen molar-refractivity contribution in [2.45, 2.75) is 38.8 Å². The van der Waals surface area contributed by atoms with Crippen molar-refractivity contribution < 1.29 is 8.78 Å². The summed E-state index contributed by atoms with van der Waals surface area (Å²) in [5.74, 6) is -0.0396. The van der Waals surface area contributed by atoms with Gasteiger partial charge in [-0.1, -0.05) is 19.1 Å². The zero-order valence-corrected chi connectivity index (χ0v) is 13.5. The molecule has 3 rings (SSSR count). The third-order valence-corrected chi connectivity index (χ3v) is 4.73. The molecule has 1 aliphatic heterocycles. The lowest BCUT2D eigenvalue weighted by molar-refractivity contribution is 0.0899. The minimum absolute atomic E-state index is 0.283. The average Bonchev–Trinajstić information content (AvgIpc) is 2.54. The molecule has 1 saturated heterocycles. The van der Waals surface area contributed by atoms with E-state index >= 15 is 0 Å². The fraction of sp³-hybridized carbons (Fsp3) is 0.421. The van der Waals surface area contributed by atoms with E-state index in [1.807, 2.05) is 0 Å². The summed E-state index contributed by atoms with van der Waals surface area (Å²) in [6.45, 7) is 5.28. The summed E-state index contributed by atoms with van der Waals surface area (Å²) in [4.78, 5) is 6.60. The number of pyridine rings is 1. The maximum absolute atomic E-state index is 14.4. The Labute approximate surface area is 136 Å². The molecule has 0 spiro atoms. The standard InChI is InChI=1S/C19H22F2N2/c1-13-5-6-14(2)23(12-13)19(15-7-9-16(20)10-8-15)18-17(21)4-3-11-22-18/h3-4,7-11,13-14,19H,5-6,12H2,1-2H3/t13-,14-,19?/m1/s1. The second-order valence-electron chi connectivity index (χ2n) is 6.55. The van der Waals surface area contributed by atoms with E-state index in [0.29, 0.717) is 17.7 Å².